The molecule has 1 unspecified atom stereocenters. The van der Waals surface area contributed by atoms with Crippen molar-refractivity contribution in [3.63, 3.8) is 0 Å². The minimum Gasteiger partial charge on any atom is -0.385 e. The third-order valence-corrected chi connectivity index (χ3v) is 7.61. The van der Waals surface area contributed by atoms with Gasteiger partial charge in [0.15, 0.2) is 28.8 Å². The largest absolute Gasteiger partial charge is 0.385 e. The smallest absolute Gasteiger partial charge is 0.274 e. The van der Waals surface area contributed by atoms with E-state index in [0.29, 0.717) is 17.9 Å². The number of allylic oxidation sites excluding steroid dienone is 2. The Balaban J connectivity index is 1.29. The van der Waals surface area contributed by atoms with Crippen LogP contribution in [0.15, 0.2) is 77.3 Å². The molecule has 1 amide bonds. The minimum absolute atomic E-state index is 0.0343. The Morgan fingerprint density at radius 2 is 1.98 bits per heavy atom. The molecule has 4 N–H and O–H groups in total. The Morgan fingerprint density at radius 3 is 2.68 bits per heavy atom. The van der Waals surface area contributed by atoms with Crippen molar-refractivity contribution in [2.24, 2.45) is 16.6 Å². The van der Waals surface area contributed by atoms with Crippen LogP contribution in [0.25, 0.3) is 0 Å². The van der Waals surface area contributed by atoms with Crippen LogP contribution in [-0.2, 0) is 6.54 Å². The average Bonchev–Trinajstić information content (AvgIpc) is 3.52. The third kappa shape index (κ3) is 6.58. The van der Waals surface area contributed by atoms with Gasteiger partial charge in [-0.15, -0.1) is 0 Å². The molecule has 0 spiro atoms. The van der Waals surface area contributed by atoms with Crippen molar-refractivity contribution in [3.05, 3.63) is 106 Å². The van der Waals surface area contributed by atoms with Crippen molar-refractivity contribution < 1.29 is 13.6 Å². The maximum absolute atomic E-state index is 13.7. The number of halogens is 2. The summed E-state index contributed by atoms with van der Waals surface area (Å²) in [7, 11) is 4.12. The van der Waals surface area contributed by atoms with E-state index in [0.717, 1.165) is 54.2 Å². The number of benzene rings is 2. The van der Waals surface area contributed by atoms with Gasteiger partial charge < -0.3 is 26.2 Å². The van der Waals surface area contributed by atoms with Gasteiger partial charge in [0.1, 0.15) is 11.9 Å². The van der Waals surface area contributed by atoms with Crippen LogP contribution < -0.4 is 21.3 Å². The van der Waals surface area contributed by atoms with Gasteiger partial charge in [-0.2, -0.15) is 5.26 Å². The van der Waals surface area contributed by atoms with Crippen molar-refractivity contribution in [3.8, 4) is 6.07 Å². The SMILES string of the molecule is C[C@H](NC(=O)c1nc(C#N)cnc1NCc1ccc(N2CC(CCN(C)C)C3=NC=CC3=C2N)cc1)c1ccc(F)c(F)c1. The normalized spacial score (nSPS) is 16.4. The highest BCUT2D eigenvalue weighted by Gasteiger charge is 2.32. The lowest BCUT2D eigenvalue weighted by Gasteiger charge is -2.36. The van der Waals surface area contributed by atoms with Crippen LogP contribution in [-0.4, -0.2) is 53.7 Å². The molecule has 2 aromatic carbocycles. The first-order valence-corrected chi connectivity index (χ1v) is 14.2. The van der Waals surface area contributed by atoms with E-state index >= 15 is 0 Å². The summed E-state index contributed by atoms with van der Waals surface area (Å²) in [6, 6.07) is 12.6. The van der Waals surface area contributed by atoms with E-state index in [1.807, 2.05) is 42.6 Å². The fourth-order valence-corrected chi connectivity index (χ4v) is 5.17. The molecule has 3 aromatic rings. The van der Waals surface area contributed by atoms with Crippen LogP contribution in [0.5, 0.6) is 0 Å². The number of hydrogen-bond donors (Lipinski definition) is 3. The number of anilines is 2. The molecule has 12 heteroatoms. The summed E-state index contributed by atoms with van der Waals surface area (Å²) in [6.45, 7) is 3.62. The fourth-order valence-electron chi connectivity index (χ4n) is 5.17. The second-order valence-electron chi connectivity index (χ2n) is 11.0. The second kappa shape index (κ2) is 13.0. The van der Waals surface area contributed by atoms with Gasteiger partial charge in [0.25, 0.3) is 5.91 Å². The van der Waals surface area contributed by atoms with Gasteiger partial charge in [0.05, 0.1) is 18.0 Å². The van der Waals surface area contributed by atoms with E-state index < -0.39 is 23.6 Å². The fraction of sp³-hybridized carbons (Fsp3) is 0.281. The molecule has 2 aliphatic rings. The maximum Gasteiger partial charge on any atom is 0.274 e. The van der Waals surface area contributed by atoms with Gasteiger partial charge in [-0.1, -0.05) is 18.2 Å². The highest BCUT2D eigenvalue weighted by atomic mass is 19.2. The van der Waals surface area contributed by atoms with Crippen molar-refractivity contribution in [2.45, 2.75) is 25.9 Å². The lowest BCUT2D eigenvalue weighted by Crippen LogP contribution is -2.43. The predicted molar refractivity (Wildman–Crippen MR) is 165 cm³/mol. The number of carbonyl (C=O) groups is 1. The summed E-state index contributed by atoms with van der Waals surface area (Å²) in [5.74, 6) is -1.51. The summed E-state index contributed by atoms with van der Waals surface area (Å²) in [5.41, 5.74) is 10.7. The first-order valence-electron chi connectivity index (χ1n) is 14.2. The Kier molecular flexibility index (Phi) is 8.96. The molecule has 2 aliphatic heterocycles. The molecule has 1 aromatic heterocycles. The Morgan fingerprint density at radius 1 is 1.20 bits per heavy atom. The van der Waals surface area contributed by atoms with Crippen molar-refractivity contribution >= 4 is 23.1 Å². The number of nitriles is 1. The summed E-state index contributed by atoms with van der Waals surface area (Å²) in [5, 5.41) is 15.2. The number of fused-ring (bicyclic) bond motifs is 1. The number of aromatic nitrogens is 2. The number of nitrogens with one attached hydrogen (secondary N) is 2. The van der Waals surface area contributed by atoms with Crippen molar-refractivity contribution in [1.82, 2.24) is 20.2 Å². The highest BCUT2D eigenvalue weighted by Crippen LogP contribution is 2.32. The average molecular weight is 598 g/mol. The van der Waals surface area contributed by atoms with Gasteiger partial charge in [-0.25, -0.2) is 18.7 Å². The number of nitrogens with two attached hydrogens (primary N) is 1. The van der Waals surface area contributed by atoms with Crippen LogP contribution in [0, 0.1) is 28.9 Å². The molecule has 44 heavy (non-hydrogen) atoms. The molecule has 0 bridgehead atoms. The zero-order valence-electron chi connectivity index (χ0n) is 24.7. The number of hydrogen-bond acceptors (Lipinski definition) is 9. The molecule has 0 saturated heterocycles. The van der Waals surface area contributed by atoms with Gasteiger partial charge in [-0.05, 0) is 75.5 Å². The zero-order chi connectivity index (χ0) is 31.4. The molecule has 0 aliphatic carbocycles. The number of nitrogens with zero attached hydrogens (tertiary/aromatic N) is 6. The standard InChI is InChI=1S/C32H33F2N9O/c1-19(21-6-9-26(33)27(34)14-21)40-32(44)29-31(39-17-23(15-35)41-29)38-16-20-4-7-24(8-5-20)43-18-22(11-13-42(2)3)28-25(30(43)36)10-12-37-28/h4-10,12,14,17,19,22H,11,13,16,18,36H2,1-3H3,(H,38,39)(H,40,44)/t19-,22?/m0/s1. The third-order valence-electron chi connectivity index (χ3n) is 7.61. The summed E-state index contributed by atoms with van der Waals surface area (Å²) in [6.07, 6.45) is 6.00. The van der Waals surface area contributed by atoms with E-state index in [9.17, 15) is 18.8 Å². The summed E-state index contributed by atoms with van der Waals surface area (Å²) < 4.78 is 27.1. The zero-order valence-corrected chi connectivity index (χ0v) is 24.7. The molecule has 2 atom stereocenters. The monoisotopic (exact) mass is 597 g/mol. The van der Waals surface area contributed by atoms with Crippen LogP contribution in [0.1, 0.15) is 46.7 Å². The Hall–Kier alpha value is -5.15. The Bertz CT molecular complexity index is 1690. The van der Waals surface area contributed by atoms with Crippen LogP contribution in [0.2, 0.25) is 0 Å². The first kappa shape index (κ1) is 30.3. The first-order chi connectivity index (χ1) is 21.1. The molecule has 5 rings (SSSR count). The van der Waals surface area contributed by atoms with Gasteiger partial charge in [0, 0.05) is 36.5 Å². The number of aliphatic imine (C=N–C) groups is 1. The lowest BCUT2D eigenvalue weighted by molar-refractivity contribution is 0.0935. The molecule has 3 heterocycles. The van der Waals surface area contributed by atoms with Gasteiger partial charge in [-0.3, -0.25) is 9.79 Å². The van der Waals surface area contributed by atoms with E-state index in [2.05, 4.69) is 49.5 Å². The van der Waals surface area contributed by atoms with E-state index in [1.165, 1.54) is 12.3 Å². The number of rotatable bonds is 10. The molecule has 0 saturated carbocycles. The summed E-state index contributed by atoms with van der Waals surface area (Å²) in [4.78, 5) is 30.4. The summed E-state index contributed by atoms with van der Waals surface area (Å²) >= 11 is 0. The topological polar surface area (TPSA) is 136 Å². The van der Waals surface area contributed by atoms with E-state index in [1.54, 1.807) is 6.92 Å². The van der Waals surface area contributed by atoms with Gasteiger partial charge >= 0.3 is 0 Å². The number of amides is 1. The van der Waals surface area contributed by atoms with Crippen LogP contribution >= 0.6 is 0 Å². The minimum atomic E-state index is -1.01. The molecule has 0 fully saturated rings. The molecular weight excluding hydrogens is 564 g/mol. The molecular formula is C32H33F2N9O. The van der Waals surface area contributed by atoms with Crippen molar-refractivity contribution in [2.75, 3.05) is 37.4 Å². The predicted octanol–water partition coefficient (Wildman–Crippen LogP) is 4.26. The van der Waals surface area contributed by atoms with E-state index in [-0.39, 0.29) is 23.1 Å². The van der Waals surface area contributed by atoms with E-state index in [4.69, 9.17) is 5.73 Å². The molecule has 226 valence electrons. The Labute approximate surface area is 254 Å². The number of carbonyl (C=O) groups excluding carboxylic acids is 1. The van der Waals surface area contributed by atoms with Crippen LogP contribution in [0.4, 0.5) is 20.3 Å². The van der Waals surface area contributed by atoms with Crippen LogP contribution in [0.3, 0.4) is 0 Å². The van der Waals surface area contributed by atoms with Gasteiger partial charge in [0.2, 0.25) is 0 Å². The van der Waals surface area contributed by atoms with Crippen molar-refractivity contribution in [1.29, 1.82) is 5.26 Å². The maximum atomic E-state index is 13.7. The second-order valence-corrected chi connectivity index (χ2v) is 11.0. The molecule has 0 radical (unpaired) electrons. The highest BCUT2D eigenvalue weighted by molar-refractivity contribution is 6.08. The lowest BCUT2D eigenvalue weighted by atomic mass is 9.89. The molecule has 10 nitrogen and oxygen atoms in total. The quantitative estimate of drug-likeness (QED) is 0.316.